The molecule has 0 saturated heterocycles. The summed E-state index contributed by atoms with van der Waals surface area (Å²) in [6, 6.07) is 10.1. The molecule has 0 radical (unpaired) electrons. The van der Waals surface area contributed by atoms with E-state index >= 15 is 0 Å². The second-order valence-corrected chi connectivity index (χ2v) is 5.18. The van der Waals surface area contributed by atoms with E-state index in [0.717, 1.165) is 0 Å². The van der Waals surface area contributed by atoms with Crippen molar-refractivity contribution in [2.24, 2.45) is 0 Å². The molecule has 0 unspecified atom stereocenters. The van der Waals surface area contributed by atoms with Crippen molar-refractivity contribution in [3.8, 4) is 6.07 Å². The van der Waals surface area contributed by atoms with Crippen molar-refractivity contribution in [3.05, 3.63) is 59.4 Å². The minimum atomic E-state index is -0.441. The Labute approximate surface area is 145 Å². The van der Waals surface area contributed by atoms with Crippen molar-refractivity contribution in [1.29, 1.82) is 5.26 Å². The number of methoxy groups -OCH3 is 1. The Morgan fingerprint density at radius 2 is 1.92 bits per heavy atom. The predicted molar refractivity (Wildman–Crippen MR) is 92.2 cm³/mol. The lowest BCUT2D eigenvalue weighted by atomic mass is 10.1. The third kappa shape index (κ3) is 5.12. The average Bonchev–Trinajstić information content (AvgIpc) is 2.65. The van der Waals surface area contributed by atoms with Crippen LogP contribution in [0.2, 0.25) is 0 Å². The number of benzene rings is 1. The fraction of sp³-hybridized carbons (Fsp3) is 0.222. The summed E-state index contributed by atoms with van der Waals surface area (Å²) in [6.07, 6.45) is 3.46. The van der Waals surface area contributed by atoms with E-state index in [2.05, 4.69) is 15.6 Å². The van der Waals surface area contributed by atoms with E-state index in [9.17, 15) is 9.59 Å². The minimum absolute atomic E-state index is 0.234. The van der Waals surface area contributed by atoms with Crippen LogP contribution in [0, 0.1) is 11.3 Å². The highest BCUT2D eigenvalue weighted by molar-refractivity contribution is 6.06. The molecule has 2 aromatic rings. The maximum atomic E-state index is 12.3. The Balaban J connectivity index is 2.06. The molecule has 0 aliphatic rings. The lowest BCUT2D eigenvalue weighted by Gasteiger charge is -2.08. The molecule has 0 fully saturated rings. The molecule has 0 atom stereocenters. The highest BCUT2D eigenvalue weighted by Gasteiger charge is 2.12. The van der Waals surface area contributed by atoms with Gasteiger partial charge in [0.1, 0.15) is 6.07 Å². The molecule has 1 aromatic heterocycles. The van der Waals surface area contributed by atoms with Crippen LogP contribution < -0.4 is 10.6 Å². The third-order valence-electron chi connectivity index (χ3n) is 3.37. The van der Waals surface area contributed by atoms with E-state index in [1.54, 1.807) is 31.4 Å². The van der Waals surface area contributed by atoms with Gasteiger partial charge in [-0.25, -0.2) is 0 Å². The van der Waals surface area contributed by atoms with E-state index in [-0.39, 0.29) is 11.5 Å². The van der Waals surface area contributed by atoms with Crippen molar-refractivity contribution in [2.45, 2.75) is 6.42 Å². The number of nitrogens with one attached hydrogen (secondary N) is 2. The molecule has 0 aliphatic heterocycles. The first-order valence-corrected chi connectivity index (χ1v) is 7.68. The Hall–Kier alpha value is -3.24. The molecule has 1 aromatic carbocycles. The summed E-state index contributed by atoms with van der Waals surface area (Å²) < 4.78 is 4.92. The van der Waals surface area contributed by atoms with E-state index in [0.29, 0.717) is 36.4 Å². The third-order valence-corrected chi connectivity index (χ3v) is 3.37. The van der Waals surface area contributed by atoms with E-state index in [1.807, 2.05) is 6.07 Å². The van der Waals surface area contributed by atoms with Crippen molar-refractivity contribution in [3.63, 3.8) is 0 Å². The normalized spacial score (nSPS) is 9.92. The number of para-hydroxylation sites is 1. The molecule has 0 saturated carbocycles. The first kappa shape index (κ1) is 18.1. The van der Waals surface area contributed by atoms with Gasteiger partial charge in [-0.15, -0.1) is 0 Å². The van der Waals surface area contributed by atoms with Crippen molar-refractivity contribution in [1.82, 2.24) is 10.3 Å². The first-order chi connectivity index (χ1) is 12.2. The Morgan fingerprint density at radius 1 is 1.20 bits per heavy atom. The standard InChI is InChI=1S/C18H18N4O3/c1-25-8-4-7-21-17(23)14-9-15(12-20-11-14)18(24)22-16-6-3-2-5-13(16)10-19/h2-3,5-6,9,11-12H,4,7-8H2,1H3,(H,21,23)(H,22,24). The van der Waals surface area contributed by atoms with Gasteiger partial charge < -0.3 is 15.4 Å². The number of hydrogen-bond acceptors (Lipinski definition) is 5. The maximum absolute atomic E-state index is 12.3. The Bertz CT molecular complexity index is 799. The van der Waals surface area contributed by atoms with E-state index < -0.39 is 5.91 Å². The zero-order valence-electron chi connectivity index (χ0n) is 13.8. The second kappa shape index (κ2) is 9.15. The topological polar surface area (TPSA) is 104 Å². The molecule has 128 valence electrons. The van der Waals surface area contributed by atoms with Gasteiger partial charge in [0, 0.05) is 32.7 Å². The number of carbonyl (C=O) groups is 2. The lowest BCUT2D eigenvalue weighted by molar-refractivity contribution is 0.0948. The summed E-state index contributed by atoms with van der Waals surface area (Å²) >= 11 is 0. The number of amides is 2. The number of anilines is 1. The number of aromatic nitrogens is 1. The molecule has 7 nitrogen and oxygen atoms in total. The average molecular weight is 338 g/mol. The van der Waals surface area contributed by atoms with Gasteiger partial charge in [0.05, 0.1) is 22.4 Å². The molecule has 7 heteroatoms. The highest BCUT2D eigenvalue weighted by Crippen LogP contribution is 2.15. The molecule has 0 spiro atoms. The van der Waals surface area contributed by atoms with E-state index in [4.69, 9.17) is 10.00 Å². The number of ether oxygens (including phenoxy) is 1. The molecular weight excluding hydrogens is 320 g/mol. The number of carbonyl (C=O) groups excluding carboxylic acids is 2. The molecule has 0 aliphatic carbocycles. The van der Waals surface area contributed by atoms with Gasteiger partial charge in [0.2, 0.25) is 0 Å². The first-order valence-electron chi connectivity index (χ1n) is 7.68. The number of hydrogen-bond donors (Lipinski definition) is 2. The van der Waals surface area contributed by atoms with Crippen LogP contribution >= 0.6 is 0 Å². The van der Waals surface area contributed by atoms with Gasteiger partial charge in [-0.1, -0.05) is 12.1 Å². The highest BCUT2D eigenvalue weighted by atomic mass is 16.5. The molecule has 1 heterocycles. The fourth-order valence-electron chi connectivity index (χ4n) is 2.09. The molecule has 2 rings (SSSR count). The number of pyridine rings is 1. The fourth-order valence-corrected chi connectivity index (χ4v) is 2.09. The van der Waals surface area contributed by atoms with E-state index in [1.165, 1.54) is 18.5 Å². The molecule has 25 heavy (non-hydrogen) atoms. The number of rotatable bonds is 7. The molecule has 0 bridgehead atoms. The van der Waals surface area contributed by atoms with Crippen LogP contribution in [0.15, 0.2) is 42.7 Å². The predicted octanol–water partition coefficient (Wildman–Crippen LogP) is 1.97. The van der Waals surface area contributed by atoms with Crippen molar-refractivity contribution in [2.75, 3.05) is 25.6 Å². The van der Waals surface area contributed by atoms with Gasteiger partial charge in [-0.2, -0.15) is 5.26 Å². The quantitative estimate of drug-likeness (QED) is 0.751. The summed E-state index contributed by atoms with van der Waals surface area (Å²) in [7, 11) is 1.60. The molecule has 2 N–H and O–H groups in total. The Morgan fingerprint density at radius 3 is 2.64 bits per heavy atom. The Kier molecular flexibility index (Phi) is 6.63. The van der Waals surface area contributed by atoms with Crippen molar-refractivity contribution >= 4 is 17.5 Å². The van der Waals surface area contributed by atoms with Gasteiger partial charge in [-0.05, 0) is 24.6 Å². The zero-order valence-corrected chi connectivity index (χ0v) is 13.8. The number of nitriles is 1. The van der Waals surface area contributed by atoms with Crippen LogP contribution in [0.5, 0.6) is 0 Å². The second-order valence-electron chi connectivity index (χ2n) is 5.18. The van der Waals surface area contributed by atoms with Crippen molar-refractivity contribution < 1.29 is 14.3 Å². The van der Waals surface area contributed by atoms with Gasteiger partial charge >= 0.3 is 0 Å². The van der Waals surface area contributed by atoms with Crippen LogP contribution in [0.1, 0.15) is 32.7 Å². The zero-order chi connectivity index (χ0) is 18.1. The van der Waals surface area contributed by atoms with Crippen LogP contribution in [-0.2, 0) is 4.74 Å². The van der Waals surface area contributed by atoms with Gasteiger partial charge in [0.25, 0.3) is 11.8 Å². The smallest absolute Gasteiger partial charge is 0.257 e. The summed E-state index contributed by atoms with van der Waals surface area (Å²) in [4.78, 5) is 28.4. The summed E-state index contributed by atoms with van der Waals surface area (Å²) in [5.74, 6) is -0.750. The summed E-state index contributed by atoms with van der Waals surface area (Å²) in [6.45, 7) is 1.03. The van der Waals surface area contributed by atoms with Crippen LogP contribution in [0.4, 0.5) is 5.69 Å². The minimum Gasteiger partial charge on any atom is -0.385 e. The summed E-state index contributed by atoms with van der Waals surface area (Å²) in [5, 5.41) is 14.5. The van der Waals surface area contributed by atoms with Gasteiger partial charge in [-0.3, -0.25) is 14.6 Å². The number of nitrogens with zero attached hydrogens (tertiary/aromatic N) is 2. The van der Waals surface area contributed by atoms with Crippen LogP contribution in [0.3, 0.4) is 0 Å². The maximum Gasteiger partial charge on any atom is 0.257 e. The largest absolute Gasteiger partial charge is 0.385 e. The SMILES string of the molecule is COCCCNC(=O)c1cncc(C(=O)Nc2ccccc2C#N)c1. The van der Waals surface area contributed by atoms with Gasteiger partial charge in [0.15, 0.2) is 0 Å². The van der Waals surface area contributed by atoms with Crippen LogP contribution in [-0.4, -0.2) is 37.1 Å². The van der Waals surface area contributed by atoms with Crippen LogP contribution in [0.25, 0.3) is 0 Å². The lowest BCUT2D eigenvalue weighted by Crippen LogP contribution is -2.25. The summed E-state index contributed by atoms with van der Waals surface area (Å²) in [5.41, 5.74) is 1.29. The monoisotopic (exact) mass is 338 g/mol. The molecular formula is C18H18N4O3. The molecule has 2 amide bonds.